The van der Waals surface area contributed by atoms with Crippen LogP contribution in [0.25, 0.3) is 0 Å². The van der Waals surface area contributed by atoms with E-state index in [0.717, 1.165) is 31.2 Å². The quantitative estimate of drug-likeness (QED) is 0.700. The highest BCUT2D eigenvalue weighted by Crippen LogP contribution is 2.22. The van der Waals surface area contributed by atoms with Crippen LogP contribution in [0, 0.1) is 0 Å². The summed E-state index contributed by atoms with van der Waals surface area (Å²) in [4.78, 5) is 26.5. The van der Waals surface area contributed by atoms with Gasteiger partial charge in [-0.05, 0) is 25.3 Å². The van der Waals surface area contributed by atoms with Crippen LogP contribution < -0.4 is 0 Å². The fourth-order valence-electron chi connectivity index (χ4n) is 3.55. The van der Waals surface area contributed by atoms with Crippen LogP contribution in [0.4, 0.5) is 0 Å². The van der Waals surface area contributed by atoms with Crippen molar-refractivity contribution >= 4 is 11.9 Å². The number of likely N-dealkylation sites (N-methyl/N-ethyl adjacent to an activating group) is 1. The Hall–Kier alpha value is -2.70. The van der Waals surface area contributed by atoms with Gasteiger partial charge in [-0.1, -0.05) is 54.8 Å². The number of amides is 1. The van der Waals surface area contributed by atoms with Gasteiger partial charge in [-0.15, -0.1) is 5.10 Å². The first-order valence-electron chi connectivity index (χ1n) is 9.58. The maximum atomic E-state index is 12.5. The molecule has 1 aliphatic rings. The number of carbonyl (C=O) groups excluding carboxylic acids is 2. The van der Waals surface area contributed by atoms with E-state index in [1.54, 1.807) is 10.9 Å². The van der Waals surface area contributed by atoms with E-state index in [9.17, 15) is 9.59 Å². The molecule has 0 saturated heterocycles. The van der Waals surface area contributed by atoms with Crippen molar-refractivity contribution in [1.29, 1.82) is 0 Å². The number of hydrogen-bond donors (Lipinski definition) is 0. The maximum absolute atomic E-state index is 12.5. The standard InChI is InChI=1S/C20H26N4O3/c1-2-24(17-11-7-4-8-12-17)19(25)15-27-20(26)18-14-23(22-21-18)13-16-9-5-3-6-10-16/h3,5-6,9-10,14,17H,2,4,7-8,11-13,15H2,1H3. The van der Waals surface area contributed by atoms with E-state index in [-0.39, 0.29) is 24.2 Å². The predicted octanol–water partition coefficient (Wildman–Crippen LogP) is 2.66. The van der Waals surface area contributed by atoms with Gasteiger partial charge in [0.2, 0.25) is 0 Å². The number of rotatable bonds is 7. The Morgan fingerprint density at radius 3 is 2.63 bits per heavy atom. The highest BCUT2D eigenvalue weighted by atomic mass is 16.5. The summed E-state index contributed by atoms with van der Waals surface area (Å²) in [6.45, 7) is 2.86. The average molecular weight is 370 g/mol. The minimum atomic E-state index is -0.623. The van der Waals surface area contributed by atoms with Crippen molar-refractivity contribution in [2.45, 2.75) is 51.6 Å². The van der Waals surface area contributed by atoms with Crippen molar-refractivity contribution in [3.05, 3.63) is 47.8 Å². The van der Waals surface area contributed by atoms with Gasteiger partial charge in [0.05, 0.1) is 12.7 Å². The Morgan fingerprint density at radius 2 is 1.93 bits per heavy atom. The van der Waals surface area contributed by atoms with Crippen LogP contribution in [-0.4, -0.2) is 51.0 Å². The van der Waals surface area contributed by atoms with Crippen molar-refractivity contribution in [1.82, 2.24) is 19.9 Å². The second-order valence-electron chi connectivity index (χ2n) is 6.83. The van der Waals surface area contributed by atoms with Gasteiger partial charge in [-0.25, -0.2) is 9.48 Å². The third-order valence-electron chi connectivity index (χ3n) is 4.94. The molecule has 144 valence electrons. The van der Waals surface area contributed by atoms with E-state index >= 15 is 0 Å². The van der Waals surface area contributed by atoms with E-state index in [1.165, 1.54) is 6.42 Å². The monoisotopic (exact) mass is 370 g/mol. The molecule has 1 saturated carbocycles. The number of carbonyl (C=O) groups is 2. The lowest BCUT2D eigenvalue weighted by atomic mass is 9.94. The van der Waals surface area contributed by atoms with Crippen molar-refractivity contribution < 1.29 is 14.3 Å². The summed E-state index contributed by atoms with van der Waals surface area (Å²) in [6, 6.07) is 10.0. The van der Waals surface area contributed by atoms with Gasteiger partial charge in [0.1, 0.15) is 0 Å². The van der Waals surface area contributed by atoms with Crippen molar-refractivity contribution in [2.24, 2.45) is 0 Å². The smallest absolute Gasteiger partial charge is 0.361 e. The summed E-state index contributed by atoms with van der Waals surface area (Å²) in [5, 5.41) is 7.81. The predicted molar refractivity (Wildman–Crippen MR) is 100 cm³/mol. The van der Waals surface area contributed by atoms with Crippen LogP contribution >= 0.6 is 0 Å². The highest BCUT2D eigenvalue weighted by Gasteiger charge is 2.25. The topological polar surface area (TPSA) is 77.3 Å². The van der Waals surface area contributed by atoms with Crippen molar-refractivity contribution in [3.8, 4) is 0 Å². The van der Waals surface area contributed by atoms with E-state index in [1.807, 2.05) is 42.2 Å². The summed E-state index contributed by atoms with van der Waals surface area (Å²) < 4.78 is 6.76. The van der Waals surface area contributed by atoms with E-state index in [2.05, 4.69) is 10.3 Å². The molecular weight excluding hydrogens is 344 g/mol. The maximum Gasteiger partial charge on any atom is 0.361 e. The lowest BCUT2D eigenvalue weighted by Gasteiger charge is -2.33. The van der Waals surface area contributed by atoms with E-state index in [0.29, 0.717) is 13.1 Å². The normalized spacial score (nSPS) is 14.7. The molecule has 2 aromatic rings. The molecule has 1 aliphatic carbocycles. The fourth-order valence-corrected chi connectivity index (χ4v) is 3.55. The molecule has 0 atom stereocenters. The molecule has 7 nitrogen and oxygen atoms in total. The number of esters is 1. The van der Waals surface area contributed by atoms with Crippen molar-refractivity contribution in [3.63, 3.8) is 0 Å². The van der Waals surface area contributed by atoms with Crippen LogP contribution in [0.3, 0.4) is 0 Å². The Balaban J connectivity index is 1.52. The van der Waals surface area contributed by atoms with E-state index < -0.39 is 5.97 Å². The lowest BCUT2D eigenvalue weighted by molar-refractivity contribution is -0.137. The molecule has 1 heterocycles. The third kappa shape index (κ3) is 5.15. The molecule has 27 heavy (non-hydrogen) atoms. The van der Waals surface area contributed by atoms with Crippen LogP contribution in [0.15, 0.2) is 36.5 Å². The molecule has 1 aromatic heterocycles. The Labute approximate surface area is 159 Å². The summed E-state index contributed by atoms with van der Waals surface area (Å²) in [7, 11) is 0. The fraction of sp³-hybridized carbons (Fsp3) is 0.500. The van der Waals surface area contributed by atoms with Gasteiger partial charge in [0.15, 0.2) is 12.3 Å². The Kier molecular flexibility index (Phi) is 6.57. The minimum Gasteiger partial charge on any atom is -0.451 e. The van der Waals surface area contributed by atoms with Crippen LogP contribution in [0.2, 0.25) is 0 Å². The molecule has 0 aliphatic heterocycles. The molecule has 3 rings (SSSR count). The van der Waals surface area contributed by atoms with Crippen molar-refractivity contribution in [2.75, 3.05) is 13.2 Å². The molecule has 1 aromatic carbocycles. The molecule has 0 unspecified atom stereocenters. The first-order chi connectivity index (χ1) is 13.2. The second-order valence-corrected chi connectivity index (χ2v) is 6.83. The van der Waals surface area contributed by atoms with Gasteiger partial charge in [0, 0.05) is 12.6 Å². The van der Waals surface area contributed by atoms with Gasteiger partial charge in [0.25, 0.3) is 5.91 Å². The van der Waals surface area contributed by atoms with Crippen LogP contribution in [0.1, 0.15) is 55.1 Å². The zero-order valence-electron chi connectivity index (χ0n) is 15.7. The first kappa shape index (κ1) is 19.1. The number of ether oxygens (including phenoxy) is 1. The van der Waals surface area contributed by atoms with Crippen LogP contribution in [-0.2, 0) is 16.1 Å². The Bertz CT molecular complexity index is 754. The number of nitrogens with zero attached hydrogens (tertiary/aromatic N) is 4. The first-order valence-corrected chi connectivity index (χ1v) is 9.58. The molecule has 0 N–H and O–H groups in total. The summed E-state index contributed by atoms with van der Waals surface area (Å²) in [5.74, 6) is -0.767. The summed E-state index contributed by atoms with van der Waals surface area (Å²) in [5.41, 5.74) is 1.17. The zero-order valence-corrected chi connectivity index (χ0v) is 15.7. The number of hydrogen-bond acceptors (Lipinski definition) is 5. The minimum absolute atomic E-state index is 0.111. The van der Waals surface area contributed by atoms with E-state index in [4.69, 9.17) is 4.74 Å². The largest absolute Gasteiger partial charge is 0.451 e. The lowest BCUT2D eigenvalue weighted by Crippen LogP contribution is -2.43. The SMILES string of the molecule is CCN(C(=O)COC(=O)c1cn(Cc2ccccc2)nn1)C1CCCCC1. The van der Waals surface area contributed by atoms with Gasteiger partial charge >= 0.3 is 5.97 Å². The Morgan fingerprint density at radius 1 is 1.19 bits per heavy atom. The molecule has 0 radical (unpaired) electrons. The van der Waals surface area contributed by atoms with Gasteiger partial charge in [-0.3, -0.25) is 4.79 Å². The molecule has 0 bridgehead atoms. The second kappa shape index (κ2) is 9.30. The summed E-state index contributed by atoms with van der Waals surface area (Å²) >= 11 is 0. The zero-order chi connectivity index (χ0) is 19.1. The third-order valence-corrected chi connectivity index (χ3v) is 4.94. The van der Waals surface area contributed by atoms with Crippen LogP contribution in [0.5, 0.6) is 0 Å². The number of aromatic nitrogens is 3. The summed E-state index contributed by atoms with van der Waals surface area (Å²) in [6.07, 6.45) is 7.13. The number of benzene rings is 1. The molecule has 0 spiro atoms. The molecule has 1 fully saturated rings. The average Bonchev–Trinajstić information content (AvgIpc) is 3.17. The highest BCUT2D eigenvalue weighted by molar-refractivity contribution is 5.89. The van der Waals surface area contributed by atoms with Gasteiger partial charge < -0.3 is 9.64 Å². The molecular formula is C20H26N4O3. The molecule has 1 amide bonds. The molecule has 7 heteroatoms. The van der Waals surface area contributed by atoms with Gasteiger partial charge in [-0.2, -0.15) is 0 Å².